The monoisotopic (exact) mass is 236 g/mol. The zero-order valence-corrected chi connectivity index (χ0v) is 10.0. The van der Waals surface area contributed by atoms with Crippen molar-refractivity contribution >= 4 is 17.2 Å². The highest BCUT2D eigenvalue weighted by atomic mass is 32.1. The van der Waals surface area contributed by atoms with E-state index in [4.69, 9.17) is 0 Å². The van der Waals surface area contributed by atoms with Crippen molar-refractivity contribution in [2.45, 2.75) is 37.9 Å². The molecule has 0 unspecified atom stereocenters. The van der Waals surface area contributed by atoms with Crippen LogP contribution in [0.3, 0.4) is 0 Å². The van der Waals surface area contributed by atoms with Crippen LogP contribution in [0.15, 0.2) is 16.8 Å². The Hall–Kier alpha value is -0.870. The molecule has 3 nitrogen and oxygen atoms in total. The van der Waals surface area contributed by atoms with Crippen molar-refractivity contribution in [3.8, 4) is 0 Å². The molecule has 0 radical (unpaired) electrons. The van der Waals surface area contributed by atoms with Gasteiger partial charge >= 0.3 is 0 Å². The smallest absolute Gasteiger partial charge is 0.220 e. The van der Waals surface area contributed by atoms with Gasteiger partial charge in [0.05, 0.1) is 0 Å². The molecule has 0 spiro atoms. The highest BCUT2D eigenvalue weighted by Gasteiger charge is 2.37. The second-order valence-electron chi connectivity index (χ2n) is 4.67. The lowest BCUT2D eigenvalue weighted by Crippen LogP contribution is -2.49. The van der Waals surface area contributed by atoms with Crippen LogP contribution >= 0.6 is 11.3 Å². The van der Waals surface area contributed by atoms with Gasteiger partial charge < -0.3 is 5.32 Å². The Morgan fingerprint density at radius 1 is 1.50 bits per heavy atom. The lowest BCUT2D eigenvalue weighted by Gasteiger charge is -2.31. The molecule has 3 heterocycles. The van der Waals surface area contributed by atoms with E-state index in [1.807, 2.05) is 0 Å². The highest BCUT2D eigenvalue weighted by molar-refractivity contribution is 7.07. The van der Waals surface area contributed by atoms with Crippen LogP contribution in [0, 0.1) is 0 Å². The van der Waals surface area contributed by atoms with Gasteiger partial charge in [0, 0.05) is 31.6 Å². The third-order valence-corrected chi connectivity index (χ3v) is 4.37. The summed E-state index contributed by atoms with van der Waals surface area (Å²) in [6.07, 6.45) is 2.84. The number of hydrogen-bond donors (Lipinski definition) is 1. The van der Waals surface area contributed by atoms with Crippen LogP contribution in [0.5, 0.6) is 0 Å². The van der Waals surface area contributed by atoms with Crippen molar-refractivity contribution in [2.24, 2.45) is 0 Å². The predicted molar refractivity (Wildman–Crippen MR) is 64.3 cm³/mol. The average molecular weight is 236 g/mol. The van der Waals surface area contributed by atoms with Gasteiger partial charge in [0.25, 0.3) is 0 Å². The van der Waals surface area contributed by atoms with Crippen LogP contribution in [0.1, 0.15) is 24.8 Å². The maximum atomic E-state index is 11.3. The summed E-state index contributed by atoms with van der Waals surface area (Å²) < 4.78 is 0. The Morgan fingerprint density at radius 2 is 2.44 bits per heavy atom. The molecule has 2 atom stereocenters. The van der Waals surface area contributed by atoms with E-state index in [1.165, 1.54) is 5.56 Å². The van der Waals surface area contributed by atoms with Gasteiger partial charge in [-0.3, -0.25) is 9.69 Å². The fraction of sp³-hybridized carbons (Fsp3) is 0.583. The number of piperidine rings is 1. The Kier molecular flexibility index (Phi) is 2.69. The number of thiophene rings is 1. The van der Waals surface area contributed by atoms with Crippen molar-refractivity contribution in [3.05, 3.63) is 22.4 Å². The lowest BCUT2D eigenvalue weighted by molar-refractivity contribution is -0.124. The van der Waals surface area contributed by atoms with E-state index < -0.39 is 0 Å². The quantitative estimate of drug-likeness (QED) is 0.846. The van der Waals surface area contributed by atoms with E-state index in [1.54, 1.807) is 11.3 Å². The summed E-state index contributed by atoms with van der Waals surface area (Å²) in [4.78, 5) is 13.8. The number of likely N-dealkylation sites (tertiary alicyclic amines) is 1. The SMILES string of the molecule is O=C1CC[C@H]2[C@@H](CCN2Cc2ccsc2)N1. The van der Waals surface area contributed by atoms with Gasteiger partial charge in [-0.25, -0.2) is 0 Å². The first-order chi connectivity index (χ1) is 7.83. The standard InChI is InChI=1S/C12H16N2OS/c15-12-2-1-11-10(13-12)3-5-14(11)7-9-4-6-16-8-9/h4,6,8,10-11H,1-3,5,7H2,(H,13,15)/t10-,11+/m1/s1. The third-order valence-electron chi connectivity index (χ3n) is 3.64. The Bertz CT molecular complexity index is 376. The molecule has 16 heavy (non-hydrogen) atoms. The van der Waals surface area contributed by atoms with E-state index in [0.717, 1.165) is 25.9 Å². The summed E-state index contributed by atoms with van der Waals surface area (Å²) in [6, 6.07) is 3.16. The predicted octanol–water partition coefficient (Wildman–Crippen LogP) is 1.60. The van der Waals surface area contributed by atoms with E-state index in [2.05, 4.69) is 27.0 Å². The number of nitrogens with zero attached hydrogens (tertiary/aromatic N) is 1. The third kappa shape index (κ3) is 1.87. The number of fused-ring (bicyclic) bond motifs is 1. The number of rotatable bonds is 2. The van der Waals surface area contributed by atoms with Crippen LogP contribution in [0.2, 0.25) is 0 Å². The van der Waals surface area contributed by atoms with Gasteiger partial charge in [0.1, 0.15) is 0 Å². The first-order valence-corrected chi connectivity index (χ1v) is 6.82. The fourth-order valence-corrected chi connectivity index (χ4v) is 3.50. The van der Waals surface area contributed by atoms with Crippen LogP contribution in [-0.2, 0) is 11.3 Å². The van der Waals surface area contributed by atoms with Crippen LogP contribution in [0.4, 0.5) is 0 Å². The molecular formula is C12H16N2OS. The van der Waals surface area contributed by atoms with Gasteiger partial charge in [-0.1, -0.05) is 0 Å². The first kappa shape index (κ1) is 10.3. The molecule has 1 amide bonds. The molecule has 0 bridgehead atoms. The summed E-state index contributed by atoms with van der Waals surface area (Å²) in [5, 5.41) is 7.46. The topological polar surface area (TPSA) is 32.3 Å². The number of carbonyl (C=O) groups is 1. The lowest BCUT2D eigenvalue weighted by atomic mass is 9.99. The fourth-order valence-electron chi connectivity index (χ4n) is 2.84. The first-order valence-electron chi connectivity index (χ1n) is 5.87. The molecule has 1 N–H and O–H groups in total. The van der Waals surface area contributed by atoms with Crippen LogP contribution in [0.25, 0.3) is 0 Å². The van der Waals surface area contributed by atoms with Crippen molar-refractivity contribution < 1.29 is 4.79 Å². The molecule has 0 saturated carbocycles. The second-order valence-corrected chi connectivity index (χ2v) is 5.45. The van der Waals surface area contributed by atoms with Crippen LogP contribution < -0.4 is 5.32 Å². The number of hydrogen-bond acceptors (Lipinski definition) is 3. The van der Waals surface area contributed by atoms with E-state index in [0.29, 0.717) is 18.5 Å². The summed E-state index contributed by atoms with van der Waals surface area (Å²) in [5.74, 6) is 0.235. The minimum atomic E-state index is 0.235. The molecule has 1 aromatic heterocycles. The van der Waals surface area contributed by atoms with Crippen molar-refractivity contribution in [1.82, 2.24) is 10.2 Å². The molecule has 86 valence electrons. The van der Waals surface area contributed by atoms with E-state index in [-0.39, 0.29) is 5.91 Å². The van der Waals surface area contributed by atoms with Crippen LogP contribution in [-0.4, -0.2) is 29.4 Å². The van der Waals surface area contributed by atoms with Crippen molar-refractivity contribution in [3.63, 3.8) is 0 Å². The van der Waals surface area contributed by atoms with Gasteiger partial charge in [-0.05, 0) is 35.2 Å². The zero-order valence-electron chi connectivity index (χ0n) is 9.19. The van der Waals surface area contributed by atoms with Crippen molar-refractivity contribution in [2.75, 3.05) is 6.54 Å². The largest absolute Gasteiger partial charge is 0.352 e. The average Bonchev–Trinajstić information content (AvgIpc) is 2.89. The molecular weight excluding hydrogens is 220 g/mol. The molecule has 0 aliphatic carbocycles. The Morgan fingerprint density at radius 3 is 3.25 bits per heavy atom. The van der Waals surface area contributed by atoms with Gasteiger partial charge in [0.15, 0.2) is 0 Å². The molecule has 3 rings (SSSR count). The zero-order chi connectivity index (χ0) is 11.0. The number of nitrogens with one attached hydrogen (secondary N) is 1. The molecule has 2 fully saturated rings. The maximum Gasteiger partial charge on any atom is 0.220 e. The summed E-state index contributed by atoms with van der Waals surface area (Å²) >= 11 is 1.76. The number of carbonyl (C=O) groups excluding carboxylic acids is 1. The summed E-state index contributed by atoms with van der Waals surface area (Å²) in [6.45, 7) is 2.16. The Balaban J connectivity index is 1.67. The Labute approximate surface area is 99.5 Å². The van der Waals surface area contributed by atoms with Gasteiger partial charge in [-0.2, -0.15) is 11.3 Å². The normalized spacial score (nSPS) is 30.1. The summed E-state index contributed by atoms with van der Waals surface area (Å²) in [7, 11) is 0. The maximum absolute atomic E-state index is 11.3. The second kappa shape index (κ2) is 4.18. The van der Waals surface area contributed by atoms with E-state index in [9.17, 15) is 4.79 Å². The minimum absolute atomic E-state index is 0.235. The highest BCUT2D eigenvalue weighted by Crippen LogP contribution is 2.27. The van der Waals surface area contributed by atoms with Gasteiger partial charge in [-0.15, -0.1) is 0 Å². The molecule has 4 heteroatoms. The molecule has 1 aromatic rings. The van der Waals surface area contributed by atoms with Crippen molar-refractivity contribution in [1.29, 1.82) is 0 Å². The minimum Gasteiger partial charge on any atom is -0.352 e. The summed E-state index contributed by atoms with van der Waals surface area (Å²) in [5.41, 5.74) is 1.41. The van der Waals surface area contributed by atoms with E-state index >= 15 is 0 Å². The molecule has 2 saturated heterocycles. The number of amides is 1. The molecule has 2 aliphatic rings. The molecule has 0 aromatic carbocycles. The van der Waals surface area contributed by atoms with Gasteiger partial charge in [0.2, 0.25) is 5.91 Å². The molecule has 2 aliphatic heterocycles.